The van der Waals surface area contributed by atoms with Crippen molar-refractivity contribution in [3.63, 3.8) is 0 Å². The molecule has 0 atom stereocenters. The first-order valence-corrected chi connectivity index (χ1v) is 11.8. The van der Waals surface area contributed by atoms with Gasteiger partial charge in [0, 0.05) is 58.5 Å². The first kappa shape index (κ1) is 20.5. The maximum Gasteiger partial charge on any atom is 0.193 e. The largest absolute Gasteiger partial charge is 0.369 e. The minimum absolute atomic E-state index is 0.611. The Balaban J connectivity index is 1.10. The molecule has 2 saturated heterocycles. The summed E-state index contributed by atoms with van der Waals surface area (Å²) in [7, 11) is 1.94. The second-order valence-electron chi connectivity index (χ2n) is 9.22. The number of hydrogen-bond donors (Lipinski definition) is 1. The van der Waals surface area contributed by atoms with Crippen LogP contribution in [0, 0.1) is 5.41 Å². The molecule has 0 unspecified atom stereocenters. The molecule has 0 aromatic heterocycles. The number of piperazine rings is 1. The molecule has 1 saturated carbocycles. The third-order valence-electron chi connectivity index (χ3n) is 7.29. The van der Waals surface area contributed by atoms with Crippen LogP contribution in [-0.4, -0.2) is 75.2 Å². The molecule has 160 valence electrons. The molecule has 1 aromatic carbocycles. The van der Waals surface area contributed by atoms with E-state index in [-0.39, 0.29) is 0 Å². The van der Waals surface area contributed by atoms with Crippen molar-refractivity contribution < 1.29 is 0 Å². The Morgan fingerprint density at radius 1 is 0.966 bits per heavy atom. The molecule has 1 aliphatic carbocycles. The van der Waals surface area contributed by atoms with E-state index in [2.05, 4.69) is 55.3 Å². The summed E-state index contributed by atoms with van der Waals surface area (Å²) in [5.74, 6) is 1.13. The van der Waals surface area contributed by atoms with Crippen LogP contribution in [0.1, 0.15) is 44.9 Å². The van der Waals surface area contributed by atoms with Crippen LogP contribution in [0.25, 0.3) is 0 Å². The highest BCUT2D eigenvalue weighted by Crippen LogP contribution is 2.45. The van der Waals surface area contributed by atoms with Gasteiger partial charge in [0.2, 0.25) is 0 Å². The highest BCUT2D eigenvalue weighted by molar-refractivity contribution is 5.80. The summed E-state index contributed by atoms with van der Waals surface area (Å²) < 4.78 is 0. The van der Waals surface area contributed by atoms with E-state index in [1.807, 2.05) is 7.05 Å². The molecule has 2 heterocycles. The number of hydrogen-bond acceptors (Lipinski definition) is 3. The molecule has 1 aromatic rings. The molecule has 5 heteroatoms. The average molecular weight is 398 g/mol. The van der Waals surface area contributed by atoms with Gasteiger partial charge in [0.25, 0.3) is 0 Å². The minimum Gasteiger partial charge on any atom is -0.369 e. The first-order valence-electron chi connectivity index (χ1n) is 11.8. The predicted molar refractivity (Wildman–Crippen MR) is 123 cm³/mol. The summed E-state index contributed by atoms with van der Waals surface area (Å²) in [6.45, 7) is 9.32. The molecule has 0 bridgehead atoms. The predicted octanol–water partition coefficient (Wildman–Crippen LogP) is 3.43. The number of anilines is 1. The summed E-state index contributed by atoms with van der Waals surface area (Å²) in [5.41, 5.74) is 1.98. The Morgan fingerprint density at radius 2 is 1.72 bits per heavy atom. The van der Waals surface area contributed by atoms with Crippen molar-refractivity contribution in [2.24, 2.45) is 10.4 Å². The van der Waals surface area contributed by atoms with Gasteiger partial charge in [-0.2, -0.15) is 0 Å². The number of likely N-dealkylation sites (tertiary alicyclic amines) is 1. The number of aliphatic imine (C=N–C) groups is 1. The number of unbranched alkanes of at least 4 members (excludes halogenated alkanes) is 1. The first-order chi connectivity index (χ1) is 14.3. The van der Waals surface area contributed by atoms with Crippen LogP contribution in [0.3, 0.4) is 0 Å². The van der Waals surface area contributed by atoms with Gasteiger partial charge in [0.05, 0.1) is 0 Å². The second-order valence-corrected chi connectivity index (χ2v) is 9.22. The molecule has 5 nitrogen and oxygen atoms in total. The smallest absolute Gasteiger partial charge is 0.193 e. The van der Waals surface area contributed by atoms with Crippen LogP contribution in [-0.2, 0) is 0 Å². The summed E-state index contributed by atoms with van der Waals surface area (Å²) in [5, 5.41) is 3.63. The average Bonchev–Trinajstić information content (AvgIpc) is 3.41. The number of benzene rings is 1. The molecule has 1 N–H and O–H groups in total. The fraction of sp³-hybridized carbons (Fsp3) is 0.708. The quantitative estimate of drug-likeness (QED) is 0.453. The monoisotopic (exact) mass is 397 g/mol. The van der Waals surface area contributed by atoms with Crippen molar-refractivity contribution in [1.82, 2.24) is 15.1 Å². The van der Waals surface area contributed by atoms with Gasteiger partial charge in [-0.05, 0) is 56.2 Å². The number of rotatable bonds is 6. The standard InChI is InChI=1S/C24H39N5/c1-25-23(29-16-13-24(21-29)11-5-6-12-24)26-14-7-8-15-27-17-19-28(20-18-27)22-9-3-2-4-10-22/h2-4,9-10H,5-8,11-21H2,1H3,(H,25,26). The highest BCUT2D eigenvalue weighted by Gasteiger charge is 2.40. The third kappa shape index (κ3) is 5.25. The lowest BCUT2D eigenvalue weighted by Crippen LogP contribution is -2.46. The fourth-order valence-corrected chi connectivity index (χ4v) is 5.51. The topological polar surface area (TPSA) is 34.1 Å². The van der Waals surface area contributed by atoms with Crippen molar-refractivity contribution in [2.75, 3.05) is 64.3 Å². The van der Waals surface area contributed by atoms with Crippen LogP contribution in [0.5, 0.6) is 0 Å². The molecule has 0 amide bonds. The van der Waals surface area contributed by atoms with Gasteiger partial charge < -0.3 is 15.1 Å². The van der Waals surface area contributed by atoms with Crippen LogP contribution < -0.4 is 10.2 Å². The summed E-state index contributed by atoms with van der Waals surface area (Å²) in [4.78, 5) is 12.2. The van der Waals surface area contributed by atoms with E-state index in [4.69, 9.17) is 0 Å². The Bertz CT molecular complexity index is 644. The zero-order valence-electron chi connectivity index (χ0n) is 18.3. The molecule has 3 aliphatic rings. The highest BCUT2D eigenvalue weighted by atomic mass is 15.3. The lowest BCUT2D eigenvalue weighted by molar-refractivity contribution is 0.253. The van der Waals surface area contributed by atoms with Crippen LogP contribution >= 0.6 is 0 Å². The molecule has 29 heavy (non-hydrogen) atoms. The van der Waals surface area contributed by atoms with Gasteiger partial charge in [-0.15, -0.1) is 0 Å². The van der Waals surface area contributed by atoms with Crippen LogP contribution in [0.4, 0.5) is 5.69 Å². The van der Waals surface area contributed by atoms with Gasteiger partial charge in [0.1, 0.15) is 0 Å². The number of nitrogens with one attached hydrogen (secondary N) is 1. The van der Waals surface area contributed by atoms with Gasteiger partial charge in [-0.3, -0.25) is 9.89 Å². The lowest BCUT2D eigenvalue weighted by Gasteiger charge is -2.36. The van der Waals surface area contributed by atoms with Crippen LogP contribution in [0.2, 0.25) is 0 Å². The minimum atomic E-state index is 0.611. The number of para-hydroxylation sites is 1. The van der Waals surface area contributed by atoms with Crippen molar-refractivity contribution in [3.8, 4) is 0 Å². The van der Waals surface area contributed by atoms with E-state index in [1.54, 1.807) is 0 Å². The number of guanidine groups is 1. The van der Waals surface area contributed by atoms with Crippen molar-refractivity contribution >= 4 is 11.6 Å². The normalized spacial score (nSPS) is 22.6. The van der Waals surface area contributed by atoms with Gasteiger partial charge in [0.15, 0.2) is 5.96 Å². The molecule has 1 spiro atoms. The molecule has 2 aliphatic heterocycles. The summed E-state index contributed by atoms with van der Waals surface area (Å²) in [6, 6.07) is 10.8. The Morgan fingerprint density at radius 3 is 2.45 bits per heavy atom. The maximum atomic E-state index is 4.56. The SMILES string of the molecule is CN=C(NCCCCN1CCN(c2ccccc2)CC1)N1CCC2(CCCC2)C1. The maximum absolute atomic E-state index is 4.56. The Kier molecular flexibility index (Phi) is 6.96. The Hall–Kier alpha value is -1.75. The fourth-order valence-electron chi connectivity index (χ4n) is 5.51. The van der Waals surface area contributed by atoms with Crippen LogP contribution in [0.15, 0.2) is 35.3 Å². The van der Waals surface area contributed by atoms with E-state index in [1.165, 1.54) is 83.4 Å². The van der Waals surface area contributed by atoms with Gasteiger partial charge in [-0.1, -0.05) is 31.0 Å². The van der Waals surface area contributed by atoms with Crippen molar-refractivity contribution in [3.05, 3.63) is 30.3 Å². The zero-order chi connectivity index (χ0) is 19.9. The molecule has 4 rings (SSSR count). The molecule has 3 fully saturated rings. The Labute approximate surface area is 177 Å². The second kappa shape index (κ2) is 9.84. The van der Waals surface area contributed by atoms with Crippen molar-refractivity contribution in [2.45, 2.75) is 44.9 Å². The van der Waals surface area contributed by atoms with E-state index in [0.717, 1.165) is 25.6 Å². The molecular formula is C24H39N5. The lowest BCUT2D eigenvalue weighted by atomic mass is 9.86. The van der Waals surface area contributed by atoms with E-state index < -0.39 is 0 Å². The zero-order valence-corrected chi connectivity index (χ0v) is 18.3. The van der Waals surface area contributed by atoms with Gasteiger partial charge in [-0.25, -0.2) is 0 Å². The molecular weight excluding hydrogens is 358 g/mol. The summed E-state index contributed by atoms with van der Waals surface area (Å²) >= 11 is 0. The third-order valence-corrected chi connectivity index (χ3v) is 7.29. The van der Waals surface area contributed by atoms with Gasteiger partial charge >= 0.3 is 0 Å². The van der Waals surface area contributed by atoms with E-state index >= 15 is 0 Å². The molecule has 0 radical (unpaired) electrons. The van der Waals surface area contributed by atoms with E-state index in [9.17, 15) is 0 Å². The number of nitrogens with zero attached hydrogens (tertiary/aromatic N) is 4. The van der Waals surface area contributed by atoms with E-state index in [0.29, 0.717) is 5.41 Å². The van der Waals surface area contributed by atoms with Crippen molar-refractivity contribution in [1.29, 1.82) is 0 Å². The summed E-state index contributed by atoms with van der Waals surface area (Å²) in [6.07, 6.45) is 9.56.